The number of hydrogen-bond acceptors (Lipinski definition) is 4. The lowest BCUT2D eigenvalue weighted by Gasteiger charge is -2.33. The van der Waals surface area contributed by atoms with E-state index in [1.807, 2.05) is 12.1 Å². The van der Waals surface area contributed by atoms with Crippen molar-refractivity contribution in [2.75, 3.05) is 13.2 Å². The summed E-state index contributed by atoms with van der Waals surface area (Å²) in [4.78, 5) is 29.5. The molecule has 2 atom stereocenters. The summed E-state index contributed by atoms with van der Waals surface area (Å²) in [6.07, 6.45) is 0. The summed E-state index contributed by atoms with van der Waals surface area (Å²) in [5.41, 5.74) is 1.73. The normalized spacial score (nSPS) is 22.8. The van der Waals surface area contributed by atoms with Crippen molar-refractivity contribution in [1.82, 2.24) is 9.78 Å². The molecule has 124 valence electrons. The van der Waals surface area contributed by atoms with Gasteiger partial charge >= 0.3 is 0 Å². The lowest BCUT2D eigenvalue weighted by molar-refractivity contribution is -0.127. The molecule has 1 N–H and O–H groups in total. The number of aliphatic imine (C=N–C) groups is 1. The maximum atomic E-state index is 12.5. The number of aryl methyl sites for hydroxylation is 1. The minimum atomic E-state index is -0.494. The minimum absolute atomic E-state index is 0.0323. The fraction of sp³-hybridized carbons (Fsp3) is 0.312. The number of aromatic nitrogens is 2. The molecule has 2 unspecified atom stereocenters. The van der Waals surface area contributed by atoms with Crippen LogP contribution in [0.15, 0.2) is 32.5 Å². The van der Waals surface area contributed by atoms with Crippen LogP contribution in [0.2, 0.25) is 5.02 Å². The second-order valence-corrected chi connectivity index (χ2v) is 7.19. The van der Waals surface area contributed by atoms with E-state index in [1.165, 1.54) is 0 Å². The van der Waals surface area contributed by atoms with Crippen LogP contribution in [0.4, 0.5) is 5.82 Å². The molecular formula is C16H13BrClN3O3. The number of carbonyl (C=O) groups excluding carboxylic acids is 1. The second-order valence-electron chi connectivity index (χ2n) is 5.93. The largest absolute Gasteiger partial charge is 0.368 e. The van der Waals surface area contributed by atoms with Crippen molar-refractivity contribution < 1.29 is 9.53 Å². The molecule has 2 aromatic rings. The van der Waals surface area contributed by atoms with E-state index in [0.29, 0.717) is 22.1 Å². The van der Waals surface area contributed by atoms with Crippen LogP contribution in [0.1, 0.15) is 17.0 Å². The van der Waals surface area contributed by atoms with Crippen molar-refractivity contribution in [2.45, 2.75) is 5.92 Å². The average Bonchev–Trinajstić information content (AvgIpc) is 2.83. The smallest absolute Gasteiger partial charge is 0.270 e. The molecule has 24 heavy (non-hydrogen) atoms. The zero-order valence-corrected chi connectivity index (χ0v) is 15.0. The third-order valence-corrected chi connectivity index (χ3v) is 5.70. The van der Waals surface area contributed by atoms with E-state index in [-0.39, 0.29) is 24.6 Å². The van der Waals surface area contributed by atoms with E-state index in [1.54, 1.807) is 17.8 Å². The van der Waals surface area contributed by atoms with Gasteiger partial charge in [0.25, 0.3) is 5.56 Å². The number of benzene rings is 1. The number of nitrogens with one attached hydrogen (secondary N) is 1. The molecule has 1 saturated heterocycles. The number of hydrogen-bond donors (Lipinski definition) is 1. The quantitative estimate of drug-likeness (QED) is 0.785. The summed E-state index contributed by atoms with van der Waals surface area (Å²) in [5.74, 6) is -0.446. The van der Waals surface area contributed by atoms with Crippen LogP contribution >= 0.6 is 27.5 Å². The first-order valence-corrected chi connectivity index (χ1v) is 8.56. The molecule has 0 radical (unpaired) electrons. The van der Waals surface area contributed by atoms with Gasteiger partial charge in [-0.2, -0.15) is 0 Å². The second kappa shape index (κ2) is 5.68. The van der Waals surface area contributed by atoms with Crippen molar-refractivity contribution in [3.05, 3.63) is 49.2 Å². The number of Topliss-reactive ketones (excluding diaryl/α,β-unsaturated/α-hetero) is 1. The number of ketones is 1. The highest BCUT2D eigenvalue weighted by atomic mass is 79.9. The van der Waals surface area contributed by atoms with Crippen molar-refractivity contribution in [3.8, 4) is 0 Å². The van der Waals surface area contributed by atoms with E-state index in [0.717, 1.165) is 10.0 Å². The van der Waals surface area contributed by atoms with Gasteiger partial charge in [0.1, 0.15) is 6.61 Å². The maximum absolute atomic E-state index is 12.5. The van der Waals surface area contributed by atoms with E-state index < -0.39 is 11.8 Å². The summed E-state index contributed by atoms with van der Waals surface area (Å²) >= 11 is 9.61. The Hall–Kier alpha value is -1.70. The highest BCUT2D eigenvalue weighted by Crippen LogP contribution is 2.43. The Balaban J connectivity index is 1.98. The predicted octanol–water partition coefficient (Wildman–Crippen LogP) is 2.56. The molecule has 0 saturated carbocycles. The Morgan fingerprint density at radius 2 is 2.12 bits per heavy atom. The Morgan fingerprint density at radius 1 is 1.33 bits per heavy atom. The van der Waals surface area contributed by atoms with Crippen LogP contribution < -0.4 is 5.56 Å². The fourth-order valence-corrected chi connectivity index (χ4v) is 3.87. The van der Waals surface area contributed by atoms with Gasteiger partial charge in [0.15, 0.2) is 11.6 Å². The van der Waals surface area contributed by atoms with Gasteiger partial charge in [0.05, 0.1) is 28.8 Å². The Kier molecular flexibility index (Phi) is 3.74. The van der Waals surface area contributed by atoms with Gasteiger partial charge in [-0.05, 0) is 33.6 Å². The lowest BCUT2D eigenvalue weighted by atomic mass is 9.74. The zero-order valence-electron chi connectivity index (χ0n) is 12.7. The van der Waals surface area contributed by atoms with E-state index in [4.69, 9.17) is 16.3 Å². The molecule has 0 bridgehead atoms. The average molecular weight is 411 g/mol. The van der Waals surface area contributed by atoms with Gasteiger partial charge in [-0.1, -0.05) is 17.7 Å². The van der Waals surface area contributed by atoms with E-state index in [2.05, 4.69) is 26.0 Å². The van der Waals surface area contributed by atoms with E-state index >= 15 is 0 Å². The molecule has 4 rings (SSSR count). The topological polar surface area (TPSA) is 76.4 Å². The van der Waals surface area contributed by atoms with Gasteiger partial charge in [-0.15, -0.1) is 0 Å². The van der Waals surface area contributed by atoms with Crippen molar-refractivity contribution >= 4 is 44.8 Å². The number of H-pyrrole nitrogens is 1. The highest BCUT2D eigenvalue weighted by molar-refractivity contribution is 9.10. The molecule has 2 aliphatic rings. The number of fused-ring (bicyclic) bond motifs is 2. The summed E-state index contributed by atoms with van der Waals surface area (Å²) in [5, 5.41) is 3.26. The van der Waals surface area contributed by atoms with E-state index in [9.17, 15) is 9.59 Å². The molecule has 1 aromatic heterocycles. The Bertz CT molecular complexity index is 947. The lowest BCUT2D eigenvalue weighted by Crippen LogP contribution is -2.43. The van der Waals surface area contributed by atoms with Gasteiger partial charge in [0.2, 0.25) is 0 Å². The third kappa shape index (κ3) is 2.30. The first-order valence-electron chi connectivity index (χ1n) is 7.39. The fourth-order valence-electron chi connectivity index (χ4n) is 3.43. The van der Waals surface area contributed by atoms with Crippen LogP contribution in [-0.4, -0.2) is 34.5 Å². The molecule has 8 heteroatoms. The summed E-state index contributed by atoms with van der Waals surface area (Å²) in [7, 11) is 1.72. The Labute approximate surface area is 150 Å². The number of aromatic amines is 1. The van der Waals surface area contributed by atoms with Gasteiger partial charge < -0.3 is 4.74 Å². The first-order chi connectivity index (χ1) is 11.5. The standard InChI is InChI=1S/C16H13BrClN3O3/c1-21-15-14(16(23)20-21)12(7-2-3-8(17)9(18)4-7)13-10(19-15)5-24-6-11(13)22/h2-4,12-13H,5-6H2,1H3,(H,20,23). The van der Waals surface area contributed by atoms with Crippen molar-refractivity contribution in [1.29, 1.82) is 0 Å². The van der Waals surface area contributed by atoms with Crippen LogP contribution in [0.5, 0.6) is 0 Å². The molecule has 0 spiro atoms. The van der Waals surface area contributed by atoms with Crippen LogP contribution in [-0.2, 0) is 16.6 Å². The van der Waals surface area contributed by atoms with Crippen LogP contribution in [0.25, 0.3) is 0 Å². The summed E-state index contributed by atoms with van der Waals surface area (Å²) in [6, 6.07) is 5.49. The van der Waals surface area contributed by atoms with Crippen molar-refractivity contribution in [3.63, 3.8) is 0 Å². The summed E-state index contributed by atoms with van der Waals surface area (Å²) in [6.45, 7) is 0.320. The maximum Gasteiger partial charge on any atom is 0.270 e. The molecular weight excluding hydrogens is 398 g/mol. The molecule has 2 aliphatic heterocycles. The first kappa shape index (κ1) is 15.8. The molecule has 1 fully saturated rings. The number of nitrogens with zero attached hydrogens (tertiary/aromatic N) is 2. The Morgan fingerprint density at radius 3 is 2.88 bits per heavy atom. The number of halogens is 2. The SMILES string of the molecule is Cn1[nH]c(=O)c2c1N=C1COCC(=O)C1C2c1ccc(Br)c(Cl)c1. The van der Waals surface area contributed by atoms with Gasteiger partial charge in [-0.25, -0.2) is 4.99 Å². The van der Waals surface area contributed by atoms with Gasteiger partial charge in [0, 0.05) is 17.4 Å². The van der Waals surface area contributed by atoms with Crippen LogP contribution in [0, 0.1) is 5.92 Å². The van der Waals surface area contributed by atoms with Crippen LogP contribution in [0.3, 0.4) is 0 Å². The summed E-state index contributed by atoms with van der Waals surface area (Å²) < 4.78 is 7.67. The molecule has 1 aromatic carbocycles. The number of carbonyl (C=O) groups is 1. The number of rotatable bonds is 1. The monoisotopic (exact) mass is 409 g/mol. The molecule has 3 heterocycles. The highest BCUT2D eigenvalue weighted by Gasteiger charge is 2.43. The minimum Gasteiger partial charge on any atom is -0.368 e. The number of ether oxygens (including phenoxy) is 1. The molecule has 0 amide bonds. The molecule has 0 aliphatic carbocycles. The zero-order chi connectivity index (χ0) is 17.0. The molecule has 6 nitrogen and oxygen atoms in total. The van der Waals surface area contributed by atoms with Crippen molar-refractivity contribution in [2.24, 2.45) is 18.0 Å². The predicted molar refractivity (Wildman–Crippen MR) is 93.4 cm³/mol. The van der Waals surface area contributed by atoms with Gasteiger partial charge in [-0.3, -0.25) is 19.4 Å². The third-order valence-electron chi connectivity index (χ3n) is 4.47.